The van der Waals surface area contributed by atoms with Gasteiger partial charge >= 0.3 is 0 Å². The smallest absolute Gasteiger partial charge is 0.256 e. The highest BCUT2D eigenvalue weighted by atomic mass is 32.2. The summed E-state index contributed by atoms with van der Waals surface area (Å²) < 4.78 is 27.2. The molecule has 0 unspecified atom stereocenters. The first-order valence-electron chi connectivity index (χ1n) is 8.70. The van der Waals surface area contributed by atoms with Gasteiger partial charge in [0.2, 0.25) is 5.91 Å². The molecule has 2 N–H and O–H groups in total. The van der Waals surface area contributed by atoms with Crippen LogP contribution in [0.1, 0.15) is 17.3 Å². The molecular weight excluding hydrogens is 416 g/mol. The maximum Gasteiger partial charge on any atom is 0.256 e. The van der Waals surface area contributed by atoms with Crippen molar-refractivity contribution < 1.29 is 18.4 Å². The van der Waals surface area contributed by atoms with E-state index in [9.17, 15) is 18.4 Å². The summed E-state index contributed by atoms with van der Waals surface area (Å²) >= 11 is 2.48. The van der Waals surface area contributed by atoms with E-state index in [-0.39, 0.29) is 17.2 Å². The predicted molar refractivity (Wildman–Crippen MR) is 111 cm³/mol. The lowest BCUT2D eigenvalue weighted by Crippen LogP contribution is -2.24. The largest absolute Gasteiger partial charge is 0.356 e. The number of amides is 2. The molecule has 2 aromatic carbocycles. The molecule has 0 aliphatic carbocycles. The first-order chi connectivity index (χ1) is 14.0. The van der Waals surface area contributed by atoms with Crippen molar-refractivity contribution >= 4 is 39.9 Å². The first kappa shape index (κ1) is 20.9. The van der Waals surface area contributed by atoms with E-state index in [1.165, 1.54) is 29.2 Å². The van der Waals surface area contributed by atoms with E-state index in [1.807, 2.05) is 37.3 Å². The molecule has 0 fully saturated rings. The van der Waals surface area contributed by atoms with Gasteiger partial charge in [-0.05, 0) is 25.1 Å². The highest BCUT2D eigenvalue weighted by molar-refractivity contribution is 8.01. The maximum absolute atomic E-state index is 13.5. The van der Waals surface area contributed by atoms with Crippen LogP contribution in [-0.2, 0) is 4.79 Å². The quantitative estimate of drug-likeness (QED) is 0.536. The molecule has 0 bridgehead atoms. The molecule has 0 saturated carbocycles. The van der Waals surface area contributed by atoms with Crippen molar-refractivity contribution in [1.29, 1.82) is 0 Å². The van der Waals surface area contributed by atoms with E-state index < -0.39 is 17.5 Å². The molecule has 5 nitrogen and oxygen atoms in total. The van der Waals surface area contributed by atoms with Crippen molar-refractivity contribution in [2.24, 2.45) is 0 Å². The van der Waals surface area contributed by atoms with Crippen LogP contribution in [0.2, 0.25) is 0 Å². The number of rotatable bonds is 7. The Morgan fingerprint density at radius 1 is 1.10 bits per heavy atom. The van der Waals surface area contributed by atoms with Gasteiger partial charge in [-0.15, -0.1) is 0 Å². The number of aromatic nitrogens is 1. The van der Waals surface area contributed by atoms with Gasteiger partial charge in [-0.25, -0.2) is 13.8 Å². The highest BCUT2D eigenvalue weighted by Crippen LogP contribution is 2.37. The van der Waals surface area contributed by atoms with Gasteiger partial charge in [0.15, 0.2) is 16.0 Å². The molecule has 0 spiro atoms. The van der Waals surface area contributed by atoms with Crippen molar-refractivity contribution in [2.45, 2.75) is 11.3 Å². The minimum atomic E-state index is -1.09. The molecule has 0 aliphatic heterocycles. The van der Waals surface area contributed by atoms with Crippen LogP contribution < -0.4 is 10.6 Å². The second-order valence-corrected chi connectivity index (χ2v) is 8.07. The van der Waals surface area contributed by atoms with E-state index in [2.05, 4.69) is 15.6 Å². The summed E-state index contributed by atoms with van der Waals surface area (Å²) in [5.74, 6) is -2.60. The van der Waals surface area contributed by atoms with E-state index >= 15 is 0 Å². The number of carbonyl (C=O) groups excluding carboxylic acids is 2. The lowest BCUT2D eigenvalue weighted by molar-refractivity contribution is -0.118. The number of anilines is 1. The van der Waals surface area contributed by atoms with Gasteiger partial charge < -0.3 is 10.6 Å². The molecular formula is C20H17F2N3O2S2. The number of nitrogens with one attached hydrogen (secondary N) is 2. The summed E-state index contributed by atoms with van der Waals surface area (Å²) in [6.45, 7) is 2.38. The van der Waals surface area contributed by atoms with Crippen molar-refractivity contribution in [3.05, 3.63) is 65.7 Å². The van der Waals surface area contributed by atoms with Crippen LogP contribution >= 0.6 is 23.1 Å². The number of benzene rings is 2. The molecule has 150 valence electrons. The lowest BCUT2D eigenvalue weighted by Gasteiger charge is -2.06. The maximum atomic E-state index is 13.5. The minimum absolute atomic E-state index is 0.00663. The van der Waals surface area contributed by atoms with Gasteiger partial charge in [-0.1, -0.05) is 53.4 Å². The second-order valence-electron chi connectivity index (χ2n) is 5.85. The summed E-state index contributed by atoms with van der Waals surface area (Å²) in [6.07, 6.45) is 0. The fourth-order valence-electron chi connectivity index (χ4n) is 2.43. The summed E-state index contributed by atoms with van der Waals surface area (Å²) in [4.78, 5) is 28.8. The van der Waals surface area contributed by atoms with Crippen LogP contribution in [-0.4, -0.2) is 29.1 Å². The number of halogens is 2. The van der Waals surface area contributed by atoms with Gasteiger partial charge in [0.1, 0.15) is 10.7 Å². The number of nitrogens with zero attached hydrogens (tertiary/aromatic N) is 1. The molecule has 1 aromatic heterocycles. The Balaban J connectivity index is 1.86. The van der Waals surface area contributed by atoms with Gasteiger partial charge in [-0.2, -0.15) is 0 Å². The third-order valence-corrected chi connectivity index (χ3v) is 5.88. The third kappa shape index (κ3) is 5.39. The highest BCUT2D eigenvalue weighted by Gasteiger charge is 2.18. The molecule has 2 amide bonds. The first-order valence-corrected chi connectivity index (χ1v) is 10.5. The van der Waals surface area contributed by atoms with Crippen LogP contribution in [0.15, 0.2) is 52.9 Å². The van der Waals surface area contributed by atoms with Gasteiger partial charge in [-0.3, -0.25) is 9.59 Å². The zero-order chi connectivity index (χ0) is 20.8. The summed E-state index contributed by atoms with van der Waals surface area (Å²) in [6, 6.07) is 12.2. The Morgan fingerprint density at radius 2 is 1.86 bits per heavy atom. The number of hydrogen-bond acceptors (Lipinski definition) is 5. The van der Waals surface area contributed by atoms with Gasteiger partial charge in [0.05, 0.1) is 5.75 Å². The predicted octanol–water partition coefficient (Wildman–Crippen LogP) is 4.57. The Labute approximate surface area is 174 Å². The van der Waals surface area contributed by atoms with Crippen molar-refractivity contribution in [3.8, 4) is 11.3 Å². The molecule has 0 saturated heterocycles. The Morgan fingerprint density at radius 3 is 2.55 bits per heavy atom. The molecule has 0 aliphatic rings. The van der Waals surface area contributed by atoms with E-state index in [0.29, 0.717) is 21.6 Å². The average Bonchev–Trinajstić information content (AvgIpc) is 3.12. The molecule has 0 atom stereocenters. The molecule has 1 heterocycles. The van der Waals surface area contributed by atoms with Crippen molar-refractivity contribution in [2.75, 3.05) is 17.6 Å². The van der Waals surface area contributed by atoms with Crippen LogP contribution in [0.5, 0.6) is 0 Å². The molecule has 9 heteroatoms. The van der Waals surface area contributed by atoms with E-state index in [1.54, 1.807) is 0 Å². The monoisotopic (exact) mass is 433 g/mol. The minimum Gasteiger partial charge on any atom is -0.356 e. The topological polar surface area (TPSA) is 71.1 Å². The zero-order valence-corrected chi connectivity index (χ0v) is 17.0. The van der Waals surface area contributed by atoms with Crippen LogP contribution in [0.25, 0.3) is 11.3 Å². The summed E-state index contributed by atoms with van der Waals surface area (Å²) in [5, 5.41) is 5.90. The fraction of sp³-hybridized carbons (Fsp3) is 0.150. The summed E-state index contributed by atoms with van der Waals surface area (Å²) in [5.41, 5.74) is 1.33. The number of thiazole rings is 1. The molecule has 3 rings (SSSR count). The van der Waals surface area contributed by atoms with Gasteiger partial charge in [0.25, 0.3) is 5.91 Å². The van der Waals surface area contributed by atoms with Crippen LogP contribution in [0, 0.1) is 11.6 Å². The molecule has 29 heavy (non-hydrogen) atoms. The average molecular weight is 434 g/mol. The van der Waals surface area contributed by atoms with Gasteiger partial charge in [0, 0.05) is 17.7 Å². The SMILES string of the molecule is CCNC(=O)CSc1nc(-c2ccccc2)c(NC(=O)c2ccc(F)c(F)c2)s1. The van der Waals surface area contributed by atoms with Crippen molar-refractivity contribution in [1.82, 2.24) is 10.3 Å². The number of thioether (sulfide) groups is 1. The fourth-order valence-corrected chi connectivity index (χ4v) is 4.32. The summed E-state index contributed by atoms with van der Waals surface area (Å²) in [7, 11) is 0. The molecule has 3 aromatic rings. The Kier molecular flexibility index (Phi) is 6.95. The third-order valence-electron chi connectivity index (χ3n) is 3.76. The van der Waals surface area contributed by atoms with Crippen LogP contribution in [0.3, 0.4) is 0 Å². The zero-order valence-electron chi connectivity index (χ0n) is 15.4. The van der Waals surface area contributed by atoms with E-state index in [4.69, 9.17) is 0 Å². The molecule has 0 radical (unpaired) electrons. The lowest BCUT2D eigenvalue weighted by atomic mass is 10.1. The van der Waals surface area contributed by atoms with Crippen LogP contribution in [0.4, 0.5) is 13.8 Å². The standard InChI is InChI=1S/C20H17F2N3O2S2/c1-2-23-16(26)11-28-20-24-17(12-6-4-3-5-7-12)19(29-20)25-18(27)13-8-9-14(21)15(22)10-13/h3-10H,2,11H2,1H3,(H,23,26)(H,25,27). The Hall–Kier alpha value is -2.78. The second kappa shape index (κ2) is 9.62. The number of carbonyl (C=O) groups is 2. The Bertz CT molecular complexity index is 1030. The van der Waals surface area contributed by atoms with E-state index in [0.717, 1.165) is 17.7 Å². The normalized spacial score (nSPS) is 10.6. The van der Waals surface area contributed by atoms with Crippen molar-refractivity contribution in [3.63, 3.8) is 0 Å². The number of hydrogen-bond donors (Lipinski definition) is 2.